The van der Waals surface area contributed by atoms with Crippen LogP contribution >= 0.6 is 0 Å². The fourth-order valence-corrected chi connectivity index (χ4v) is 4.27. The van der Waals surface area contributed by atoms with Crippen molar-refractivity contribution in [3.8, 4) is 11.1 Å². The molecule has 0 saturated carbocycles. The molecule has 1 aliphatic heterocycles. The lowest BCUT2D eigenvalue weighted by Crippen LogP contribution is -2.19. The number of carbonyl (C=O) groups excluding carboxylic acids is 1. The van der Waals surface area contributed by atoms with Crippen molar-refractivity contribution in [1.82, 2.24) is 0 Å². The zero-order chi connectivity index (χ0) is 23.7. The molecule has 3 aromatic carbocycles. The first kappa shape index (κ1) is 21.4. The standard InChI is InChI=1S/C26H21N3O5/c30-25(19-10-11-22(23(16-19)29(32)33)28-12-3-4-13-28)27-20-8-5-7-17(14-20)21-15-18-6-1-2-9-24(18)34-26(21)31/h1-2,5-11,14-16H,3-4,12-13H2,(H,27,30). The van der Waals surface area contributed by atoms with Crippen LogP contribution in [0.5, 0.6) is 0 Å². The highest BCUT2D eigenvalue weighted by Gasteiger charge is 2.24. The molecule has 5 rings (SSSR count). The minimum atomic E-state index is -0.477. The summed E-state index contributed by atoms with van der Waals surface area (Å²) in [6.45, 7) is 1.53. The summed E-state index contributed by atoms with van der Waals surface area (Å²) in [7, 11) is 0. The van der Waals surface area contributed by atoms with Crippen molar-refractivity contribution < 1.29 is 14.1 Å². The Morgan fingerprint density at radius 2 is 1.76 bits per heavy atom. The maximum absolute atomic E-state index is 12.9. The van der Waals surface area contributed by atoms with Gasteiger partial charge in [0.05, 0.1) is 10.5 Å². The molecule has 170 valence electrons. The average Bonchev–Trinajstić information content (AvgIpc) is 3.38. The number of hydrogen-bond acceptors (Lipinski definition) is 6. The summed E-state index contributed by atoms with van der Waals surface area (Å²) in [5, 5.41) is 15.2. The second-order valence-electron chi connectivity index (χ2n) is 8.18. The fraction of sp³-hybridized carbons (Fsp3) is 0.154. The number of nitrogens with one attached hydrogen (secondary N) is 1. The van der Waals surface area contributed by atoms with E-state index in [0.29, 0.717) is 28.1 Å². The van der Waals surface area contributed by atoms with Gasteiger partial charge in [0, 0.05) is 35.8 Å². The Hall–Kier alpha value is -4.46. The Labute approximate surface area is 194 Å². The van der Waals surface area contributed by atoms with Gasteiger partial charge in [-0.05, 0) is 54.8 Å². The second kappa shape index (κ2) is 8.82. The summed E-state index contributed by atoms with van der Waals surface area (Å²) in [5.74, 6) is -0.473. The van der Waals surface area contributed by atoms with Crippen LogP contribution in [0.25, 0.3) is 22.1 Å². The van der Waals surface area contributed by atoms with Crippen LogP contribution in [0, 0.1) is 10.1 Å². The fourth-order valence-electron chi connectivity index (χ4n) is 4.27. The van der Waals surface area contributed by atoms with Crippen molar-refractivity contribution >= 4 is 33.9 Å². The number of nitro groups is 1. The van der Waals surface area contributed by atoms with Crippen LogP contribution in [0.15, 0.2) is 82.0 Å². The van der Waals surface area contributed by atoms with E-state index in [0.717, 1.165) is 31.3 Å². The van der Waals surface area contributed by atoms with Crippen molar-refractivity contribution in [3.63, 3.8) is 0 Å². The van der Waals surface area contributed by atoms with Gasteiger partial charge >= 0.3 is 5.63 Å². The molecule has 1 fully saturated rings. The summed E-state index contributed by atoms with van der Waals surface area (Å²) in [5.41, 5.74) is 2.08. The number of para-hydroxylation sites is 1. The SMILES string of the molecule is O=C(Nc1cccc(-c2cc3ccccc3oc2=O)c1)c1ccc(N2CCCC2)c([N+](=O)[O-])c1. The molecule has 0 atom stereocenters. The number of benzene rings is 3. The van der Waals surface area contributed by atoms with E-state index >= 15 is 0 Å². The Balaban J connectivity index is 1.42. The van der Waals surface area contributed by atoms with Gasteiger partial charge in [-0.15, -0.1) is 0 Å². The molecule has 4 aromatic rings. The van der Waals surface area contributed by atoms with Gasteiger partial charge in [-0.2, -0.15) is 0 Å². The summed E-state index contributed by atoms with van der Waals surface area (Å²) in [6.07, 6.45) is 1.98. The number of nitrogens with zero attached hydrogens (tertiary/aromatic N) is 2. The smallest absolute Gasteiger partial charge is 0.344 e. The number of anilines is 2. The van der Waals surface area contributed by atoms with Gasteiger partial charge < -0.3 is 14.6 Å². The van der Waals surface area contributed by atoms with Crippen LogP contribution < -0.4 is 15.8 Å². The Kier molecular flexibility index (Phi) is 5.55. The van der Waals surface area contributed by atoms with Crippen LogP contribution in [0.3, 0.4) is 0 Å². The first-order chi connectivity index (χ1) is 16.5. The number of fused-ring (bicyclic) bond motifs is 1. The molecule has 1 N–H and O–H groups in total. The van der Waals surface area contributed by atoms with Gasteiger partial charge in [-0.25, -0.2) is 4.79 Å². The maximum atomic E-state index is 12.9. The summed E-state index contributed by atoms with van der Waals surface area (Å²) >= 11 is 0. The number of carbonyl (C=O) groups is 1. The van der Waals surface area contributed by atoms with Gasteiger partial charge in [0.15, 0.2) is 0 Å². The molecule has 0 bridgehead atoms. The maximum Gasteiger partial charge on any atom is 0.344 e. The molecule has 0 unspecified atom stereocenters. The third-order valence-electron chi connectivity index (χ3n) is 5.95. The van der Waals surface area contributed by atoms with E-state index in [1.807, 2.05) is 17.0 Å². The van der Waals surface area contributed by atoms with E-state index in [9.17, 15) is 19.7 Å². The summed E-state index contributed by atoms with van der Waals surface area (Å²) in [6, 6.07) is 20.4. The molecule has 34 heavy (non-hydrogen) atoms. The molecule has 0 radical (unpaired) electrons. The first-order valence-electron chi connectivity index (χ1n) is 11.0. The summed E-state index contributed by atoms with van der Waals surface area (Å²) in [4.78, 5) is 38.6. The Morgan fingerprint density at radius 1 is 0.971 bits per heavy atom. The van der Waals surface area contributed by atoms with E-state index in [2.05, 4.69) is 5.32 Å². The molecule has 0 spiro atoms. The van der Waals surface area contributed by atoms with Gasteiger partial charge in [0.2, 0.25) is 0 Å². The molecule has 1 aromatic heterocycles. The molecular weight excluding hydrogens is 434 g/mol. The van der Waals surface area contributed by atoms with Gasteiger partial charge in [0.25, 0.3) is 11.6 Å². The molecule has 1 amide bonds. The minimum Gasteiger partial charge on any atom is -0.422 e. The Bertz CT molecular complexity index is 1470. The van der Waals surface area contributed by atoms with Crippen molar-refractivity contribution in [2.45, 2.75) is 12.8 Å². The first-order valence-corrected chi connectivity index (χ1v) is 11.0. The van der Waals surface area contributed by atoms with E-state index in [1.54, 1.807) is 54.6 Å². The lowest BCUT2D eigenvalue weighted by molar-refractivity contribution is -0.384. The predicted molar refractivity (Wildman–Crippen MR) is 130 cm³/mol. The molecule has 8 heteroatoms. The number of hydrogen-bond donors (Lipinski definition) is 1. The lowest BCUT2D eigenvalue weighted by Gasteiger charge is -2.17. The van der Waals surface area contributed by atoms with Crippen molar-refractivity contribution in [1.29, 1.82) is 0 Å². The van der Waals surface area contributed by atoms with Crippen LogP contribution in [-0.4, -0.2) is 23.9 Å². The summed E-state index contributed by atoms with van der Waals surface area (Å²) < 4.78 is 5.42. The van der Waals surface area contributed by atoms with Crippen molar-refractivity contribution in [2.75, 3.05) is 23.3 Å². The van der Waals surface area contributed by atoms with E-state index in [1.165, 1.54) is 6.07 Å². The van der Waals surface area contributed by atoms with Crippen LogP contribution in [0.1, 0.15) is 23.2 Å². The van der Waals surface area contributed by atoms with Crippen LogP contribution in [-0.2, 0) is 0 Å². The highest BCUT2D eigenvalue weighted by Crippen LogP contribution is 2.32. The second-order valence-corrected chi connectivity index (χ2v) is 8.18. The lowest BCUT2D eigenvalue weighted by atomic mass is 10.1. The topological polar surface area (TPSA) is 106 Å². The van der Waals surface area contributed by atoms with Gasteiger partial charge in [-0.1, -0.05) is 30.3 Å². The van der Waals surface area contributed by atoms with Crippen LogP contribution in [0.2, 0.25) is 0 Å². The molecule has 1 aliphatic rings. The third kappa shape index (κ3) is 4.13. The zero-order valence-corrected chi connectivity index (χ0v) is 18.2. The minimum absolute atomic E-state index is 0.0860. The quantitative estimate of drug-likeness (QED) is 0.251. The predicted octanol–water partition coefficient (Wildman–Crippen LogP) is 5.22. The number of rotatable bonds is 5. The molecule has 2 heterocycles. The zero-order valence-electron chi connectivity index (χ0n) is 18.2. The largest absolute Gasteiger partial charge is 0.422 e. The van der Waals surface area contributed by atoms with E-state index < -0.39 is 16.5 Å². The molecular formula is C26H21N3O5. The van der Waals surface area contributed by atoms with Gasteiger partial charge in [-0.3, -0.25) is 14.9 Å². The normalized spacial score (nSPS) is 13.2. The van der Waals surface area contributed by atoms with Crippen molar-refractivity contribution in [2.24, 2.45) is 0 Å². The van der Waals surface area contributed by atoms with Crippen molar-refractivity contribution in [3.05, 3.63) is 98.9 Å². The van der Waals surface area contributed by atoms with Gasteiger partial charge in [0.1, 0.15) is 11.3 Å². The molecule has 8 nitrogen and oxygen atoms in total. The number of nitro benzene ring substituents is 1. The van der Waals surface area contributed by atoms with E-state index in [4.69, 9.17) is 4.42 Å². The highest BCUT2D eigenvalue weighted by molar-refractivity contribution is 6.05. The van der Waals surface area contributed by atoms with E-state index in [-0.39, 0.29) is 11.3 Å². The number of amides is 1. The molecule has 1 saturated heterocycles. The highest BCUT2D eigenvalue weighted by atomic mass is 16.6. The Morgan fingerprint density at radius 3 is 2.56 bits per heavy atom. The third-order valence-corrected chi connectivity index (χ3v) is 5.95. The monoisotopic (exact) mass is 455 g/mol. The van der Waals surface area contributed by atoms with Crippen LogP contribution in [0.4, 0.5) is 17.1 Å². The average molecular weight is 455 g/mol. The molecule has 0 aliphatic carbocycles.